The summed E-state index contributed by atoms with van der Waals surface area (Å²) in [6.07, 6.45) is 0.245. The molecule has 0 saturated carbocycles. The predicted octanol–water partition coefficient (Wildman–Crippen LogP) is 3.00. The summed E-state index contributed by atoms with van der Waals surface area (Å²) in [7, 11) is 1.52. The number of halogens is 1. The van der Waals surface area contributed by atoms with Crippen molar-refractivity contribution in [1.29, 1.82) is 0 Å². The molecule has 3 rings (SSSR count). The molecule has 2 aromatic rings. The van der Waals surface area contributed by atoms with Gasteiger partial charge in [-0.15, -0.1) is 0 Å². The van der Waals surface area contributed by atoms with Gasteiger partial charge in [0.1, 0.15) is 11.6 Å². The highest BCUT2D eigenvalue weighted by Crippen LogP contribution is 2.24. The lowest BCUT2D eigenvalue weighted by Crippen LogP contribution is -2.40. The molecule has 0 saturated heterocycles. The van der Waals surface area contributed by atoms with Gasteiger partial charge in [-0.2, -0.15) is 0 Å². The molecule has 172 valence electrons. The lowest BCUT2D eigenvalue weighted by atomic mass is 10.1. The molecule has 0 bridgehead atoms. The zero-order valence-corrected chi connectivity index (χ0v) is 20.2. The van der Waals surface area contributed by atoms with E-state index in [1.807, 2.05) is 31.4 Å². The Bertz CT molecular complexity index is 1000. The number of benzene rings is 1. The number of carbonyl (C=O) groups excluding carboxylic acids is 3. The van der Waals surface area contributed by atoms with Crippen LogP contribution in [0.15, 0.2) is 35.1 Å². The average molecular weight is 506 g/mol. The molecule has 3 amide bonds. The summed E-state index contributed by atoms with van der Waals surface area (Å²) in [5.41, 5.74) is 0.777. The fraction of sp³-hybridized carbons (Fsp3) is 0.455. The number of hydrogen-bond acceptors (Lipinski definition) is 5. The van der Waals surface area contributed by atoms with Gasteiger partial charge in [-0.1, -0.05) is 30.3 Å². The summed E-state index contributed by atoms with van der Waals surface area (Å²) in [4.78, 5) is 44.3. The number of amides is 3. The molecule has 10 heteroatoms. The second-order valence-electron chi connectivity index (χ2n) is 8.51. The van der Waals surface area contributed by atoms with Crippen molar-refractivity contribution in [3.8, 4) is 0 Å². The van der Waals surface area contributed by atoms with E-state index in [9.17, 15) is 14.4 Å². The summed E-state index contributed by atoms with van der Waals surface area (Å²) in [6.45, 7) is 6.69. The van der Waals surface area contributed by atoms with Crippen molar-refractivity contribution in [2.75, 3.05) is 13.6 Å². The molecule has 32 heavy (non-hydrogen) atoms. The van der Waals surface area contributed by atoms with Crippen LogP contribution in [-0.2, 0) is 22.6 Å². The minimum absolute atomic E-state index is 0.164. The molecule has 0 spiro atoms. The van der Waals surface area contributed by atoms with Crippen molar-refractivity contribution in [2.45, 2.75) is 51.9 Å². The SMILES string of the molecule is CNC(=O)[C@@H](NC(=O)c1nc(Br)n2c1CN(C(=O)OC(C)(C)C)CCC2)c1ccccc1. The monoisotopic (exact) mass is 505 g/mol. The van der Waals surface area contributed by atoms with Crippen LogP contribution < -0.4 is 10.6 Å². The molecule has 2 N–H and O–H groups in total. The van der Waals surface area contributed by atoms with Crippen LogP contribution in [0.4, 0.5) is 4.79 Å². The van der Waals surface area contributed by atoms with Crippen molar-refractivity contribution in [2.24, 2.45) is 0 Å². The van der Waals surface area contributed by atoms with Gasteiger partial charge in [0.05, 0.1) is 12.2 Å². The van der Waals surface area contributed by atoms with Gasteiger partial charge in [-0.05, 0) is 48.7 Å². The smallest absolute Gasteiger partial charge is 0.410 e. The quantitative estimate of drug-likeness (QED) is 0.664. The molecule has 1 aliphatic heterocycles. The maximum absolute atomic E-state index is 13.2. The van der Waals surface area contributed by atoms with Crippen LogP contribution >= 0.6 is 15.9 Å². The van der Waals surface area contributed by atoms with E-state index in [1.54, 1.807) is 29.2 Å². The van der Waals surface area contributed by atoms with E-state index >= 15 is 0 Å². The lowest BCUT2D eigenvalue weighted by molar-refractivity contribution is -0.122. The van der Waals surface area contributed by atoms with E-state index in [1.165, 1.54) is 7.05 Å². The number of carbonyl (C=O) groups is 3. The van der Waals surface area contributed by atoms with E-state index < -0.39 is 23.6 Å². The fourth-order valence-corrected chi connectivity index (χ4v) is 4.05. The van der Waals surface area contributed by atoms with E-state index in [2.05, 4.69) is 31.5 Å². The minimum atomic E-state index is -0.877. The van der Waals surface area contributed by atoms with Gasteiger partial charge in [0.15, 0.2) is 10.4 Å². The van der Waals surface area contributed by atoms with E-state index in [4.69, 9.17) is 4.74 Å². The summed E-state index contributed by atoms with van der Waals surface area (Å²) in [5.74, 6) is -0.841. The van der Waals surface area contributed by atoms with Crippen LogP contribution in [0, 0.1) is 0 Å². The van der Waals surface area contributed by atoms with Gasteiger partial charge in [0.2, 0.25) is 5.91 Å². The third kappa shape index (κ3) is 5.48. The highest BCUT2D eigenvalue weighted by Gasteiger charge is 2.31. The van der Waals surface area contributed by atoms with Crippen molar-refractivity contribution >= 4 is 33.8 Å². The van der Waals surface area contributed by atoms with Crippen LogP contribution in [0.2, 0.25) is 0 Å². The Morgan fingerprint density at radius 3 is 2.47 bits per heavy atom. The second-order valence-corrected chi connectivity index (χ2v) is 9.22. The summed E-state index contributed by atoms with van der Waals surface area (Å²) < 4.78 is 7.89. The van der Waals surface area contributed by atoms with Gasteiger partial charge in [-0.3, -0.25) is 9.59 Å². The standard InChI is InChI=1S/C22H28BrN5O4/c1-22(2,3)32-21(31)27-11-8-12-28-15(13-27)17(26-20(28)23)19(30)25-16(18(29)24-4)14-9-6-5-7-10-14/h5-7,9-10,16H,8,11-13H2,1-4H3,(H,24,29)(H,25,30)/t16-/m0/s1. The number of aromatic nitrogens is 2. The van der Waals surface area contributed by atoms with E-state index in [-0.39, 0.29) is 18.1 Å². The third-order valence-electron chi connectivity index (χ3n) is 4.96. The molecular formula is C22H28BrN5O4. The zero-order valence-electron chi connectivity index (χ0n) is 18.6. The Morgan fingerprint density at radius 2 is 1.84 bits per heavy atom. The molecule has 2 heterocycles. The molecular weight excluding hydrogens is 478 g/mol. The van der Waals surface area contributed by atoms with Crippen molar-refractivity contribution in [3.05, 3.63) is 52.0 Å². The maximum atomic E-state index is 13.2. The molecule has 9 nitrogen and oxygen atoms in total. The average Bonchev–Trinajstić information content (AvgIpc) is 2.91. The molecule has 0 fully saturated rings. The molecule has 1 aliphatic rings. The largest absolute Gasteiger partial charge is 0.444 e. The first-order valence-corrected chi connectivity index (χ1v) is 11.2. The Labute approximate surface area is 195 Å². The predicted molar refractivity (Wildman–Crippen MR) is 122 cm³/mol. The van der Waals surface area contributed by atoms with Crippen molar-refractivity contribution in [3.63, 3.8) is 0 Å². The first-order valence-electron chi connectivity index (χ1n) is 10.4. The van der Waals surface area contributed by atoms with Gasteiger partial charge in [0, 0.05) is 20.1 Å². The lowest BCUT2D eigenvalue weighted by Gasteiger charge is -2.26. The third-order valence-corrected chi connectivity index (χ3v) is 5.57. The Kier molecular flexibility index (Phi) is 7.22. The number of likely N-dealkylation sites (N-methyl/N-ethyl adjacent to an activating group) is 1. The van der Waals surface area contributed by atoms with Crippen LogP contribution in [0.25, 0.3) is 0 Å². The number of ether oxygens (including phenoxy) is 1. The number of rotatable bonds is 4. The Morgan fingerprint density at radius 1 is 1.16 bits per heavy atom. The number of nitrogens with zero attached hydrogens (tertiary/aromatic N) is 3. The first kappa shape index (κ1) is 23.8. The molecule has 1 aromatic carbocycles. The molecule has 1 atom stereocenters. The van der Waals surface area contributed by atoms with Crippen LogP contribution in [0.3, 0.4) is 0 Å². The second kappa shape index (κ2) is 9.72. The minimum Gasteiger partial charge on any atom is -0.444 e. The molecule has 0 aliphatic carbocycles. The Hall–Kier alpha value is -2.88. The first-order chi connectivity index (χ1) is 15.1. The Balaban J connectivity index is 1.88. The summed E-state index contributed by atoms with van der Waals surface area (Å²) in [5, 5.41) is 5.37. The summed E-state index contributed by atoms with van der Waals surface area (Å²) >= 11 is 3.42. The number of fused-ring (bicyclic) bond motifs is 1. The summed E-state index contributed by atoms with van der Waals surface area (Å²) in [6, 6.07) is 8.11. The van der Waals surface area contributed by atoms with Gasteiger partial charge in [-0.25, -0.2) is 9.78 Å². The highest BCUT2D eigenvalue weighted by molar-refractivity contribution is 9.10. The van der Waals surface area contributed by atoms with Gasteiger partial charge < -0.3 is 24.8 Å². The normalized spacial score (nSPS) is 14.7. The maximum Gasteiger partial charge on any atom is 0.410 e. The van der Waals surface area contributed by atoms with Crippen LogP contribution in [0.1, 0.15) is 55.0 Å². The highest BCUT2D eigenvalue weighted by atomic mass is 79.9. The number of imidazole rings is 1. The van der Waals surface area contributed by atoms with Crippen molar-refractivity contribution in [1.82, 2.24) is 25.1 Å². The fourth-order valence-electron chi connectivity index (χ4n) is 3.48. The van der Waals surface area contributed by atoms with Crippen LogP contribution in [0.5, 0.6) is 0 Å². The topological polar surface area (TPSA) is 106 Å². The molecule has 1 aromatic heterocycles. The number of nitrogens with one attached hydrogen (secondary N) is 2. The molecule has 0 unspecified atom stereocenters. The van der Waals surface area contributed by atoms with Gasteiger partial charge >= 0.3 is 6.09 Å². The van der Waals surface area contributed by atoms with Crippen molar-refractivity contribution < 1.29 is 19.1 Å². The number of hydrogen-bond donors (Lipinski definition) is 2. The van der Waals surface area contributed by atoms with Gasteiger partial charge in [0.25, 0.3) is 5.91 Å². The molecule has 0 radical (unpaired) electrons. The van der Waals surface area contributed by atoms with Crippen LogP contribution in [-0.4, -0.2) is 51.6 Å². The van der Waals surface area contributed by atoms with E-state index in [0.717, 1.165) is 0 Å². The van der Waals surface area contributed by atoms with E-state index in [0.29, 0.717) is 35.5 Å². The zero-order chi connectivity index (χ0) is 23.5.